The Morgan fingerprint density at radius 1 is 1.26 bits per heavy atom. The maximum atomic E-state index is 5.50. The maximum Gasteiger partial charge on any atom is 0.236 e. The first-order valence-electron chi connectivity index (χ1n) is 5.68. The molecule has 3 aromatic rings. The number of thioether (sulfide) groups is 1. The third-order valence-electron chi connectivity index (χ3n) is 2.47. The van der Waals surface area contributed by atoms with Crippen LogP contribution in [0.3, 0.4) is 0 Å². The molecule has 0 spiro atoms. The van der Waals surface area contributed by atoms with Gasteiger partial charge in [-0.1, -0.05) is 28.1 Å². The van der Waals surface area contributed by atoms with Gasteiger partial charge in [-0.2, -0.15) is 0 Å². The summed E-state index contributed by atoms with van der Waals surface area (Å²) in [5.74, 6) is 1.52. The number of halogens is 1. The van der Waals surface area contributed by atoms with Crippen molar-refractivity contribution in [2.45, 2.75) is 10.6 Å². The molecule has 0 unspecified atom stereocenters. The summed E-state index contributed by atoms with van der Waals surface area (Å²) in [6.07, 6.45) is 1.74. The van der Waals surface area contributed by atoms with Crippen molar-refractivity contribution >= 4 is 39.0 Å². The molecule has 0 radical (unpaired) electrons. The lowest BCUT2D eigenvalue weighted by molar-refractivity contribution is 0.575. The van der Waals surface area contributed by atoms with Gasteiger partial charge in [0.2, 0.25) is 5.89 Å². The Balaban J connectivity index is 1.68. The lowest BCUT2D eigenvalue weighted by Gasteiger charge is -1.99. The van der Waals surface area contributed by atoms with Crippen molar-refractivity contribution in [3.8, 4) is 10.8 Å². The van der Waals surface area contributed by atoms with Gasteiger partial charge in [-0.25, -0.2) is 4.98 Å². The average molecular weight is 352 g/mol. The molecule has 0 saturated heterocycles. The predicted molar refractivity (Wildman–Crippen MR) is 83.5 cm³/mol. The van der Waals surface area contributed by atoms with E-state index in [9.17, 15) is 0 Å². The van der Waals surface area contributed by atoms with Crippen molar-refractivity contribution in [1.29, 1.82) is 0 Å². The standard InChI is InChI=1S/C14H10BrNOS2/c15-10-3-1-4-12(7-10)19-9-11-8-17-14(16-11)13-5-2-6-18-13/h1-8H,9H2. The van der Waals surface area contributed by atoms with E-state index >= 15 is 0 Å². The smallest absolute Gasteiger partial charge is 0.236 e. The first-order chi connectivity index (χ1) is 9.31. The van der Waals surface area contributed by atoms with Crippen LogP contribution >= 0.6 is 39.0 Å². The zero-order valence-corrected chi connectivity index (χ0v) is 13.1. The molecule has 2 aromatic heterocycles. The van der Waals surface area contributed by atoms with Crippen molar-refractivity contribution in [3.63, 3.8) is 0 Å². The van der Waals surface area contributed by atoms with Gasteiger partial charge in [0.05, 0.1) is 10.6 Å². The van der Waals surface area contributed by atoms with E-state index in [4.69, 9.17) is 4.42 Å². The number of rotatable bonds is 4. The fourth-order valence-corrected chi connectivity index (χ4v) is 3.64. The van der Waals surface area contributed by atoms with E-state index in [1.807, 2.05) is 29.6 Å². The van der Waals surface area contributed by atoms with E-state index in [1.54, 1.807) is 29.4 Å². The van der Waals surface area contributed by atoms with Crippen LogP contribution < -0.4 is 0 Å². The van der Waals surface area contributed by atoms with Crippen LogP contribution in [-0.4, -0.2) is 4.98 Å². The topological polar surface area (TPSA) is 26.0 Å². The van der Waals surface area contributed by atoms with Crippen molar-refractivity contribution < 1.29 is 4.42 Å². The quantitative estimate of drug-likeness (QED) is 0.584. The normalized spacial score (nSPS) is 10.8. The van der Waals surface area contributed by atoms with E-state index < -0.39 is 0 Å². The van der Waals surface area contributed by atoms with Crippen molar-refractivity contribution in [1.82, 2.24) is 4.98 Å². The molecule has 5 heteroatoms. The number of hydrogen-bond donors (Lipinski definition) is 0. The number of oxazole rings is 1. The molecule has 1 aromatic carbocycles. The van der Waals surface area contributed by atoms with E-state index in [1.165, 1.54) is 4.90 Å². The fourth-order valence-electron chi connectivity index (χ4n) is 1.60. The molecular formula is C14H10BrNOS2. The molecule has 2 nitrogen and oxygen atoms in total. The first-order valence-corrected chi connectivity index (χ1v) is 8.34. The van der Waals surface area contributed by atoms with Crippen LogP contribution in [0, 0.1) is 0 Å². The Kier molecular flexibility index (Phi) is 4.06. The van der Waals surface area contributed by atoms with Gasteiger partial charge in [0.25, 0.3) is 0 Å². The minimum Gasteiger partial charge on any atom is -0.444 e. The molecule has 96 valence electrons. The molecular weight excluding hydrogens is 342 g/mol. The van der Waals surface area contributed by atoms with Gasteiger partial charge in [0.1, 0.15) is 6.26 Å². The summed E-state index contributed by atoms with van der Waals surface area (Å²) < 4.78 is 6.59. The highest BCUT2D eigenvalue weighted by molar-refractivity contribution is 9.10. The third kappa shape index (κ3) is 3.29. The molecule has 0 bridgehead atoms. The monoisotopic (exact) mass is 351 g/mol. The first kappa shape index (κ1) is 13.0. The number of thiophene rings is 1. The van der Waals surface area contributed by atoms with Crippen LogP contribution in [0.25, 0.3) is 10.8 Å². The summed E-state index contributed by atoms with van der Waals surface area (Å²) in [4.78, 5) is 6.79. The largest absolute Gasteiger partial charge is 0.444 e. The van der Waals surface area contributed by atoms with Crippen LogP contribution in [0.2, 0.25) is 0 Å². The number of aromatic nitrogens is 1. The SMILES string of the molecule is Brc1cccc(SCc2coc(-c3cccs3)n2)c1. The second-order valence-corrected chi connectivity index (χ2v) is 6.78. The van der Waals surface area contributed by atoms with E-state index in [0.29, 0.717) is 5.89 Å². The van der Waals surface area contributed by atoms with Gasteiger partial charge < -0.3 is 4.42 Å². The Morgan fingerprint density at radius 2 is 2.21 bits per heavy atom. The number of nitrogens with zero attached hydrogens (tertiary/aromatic N) is 1. The number of hydrogen-bond acceptors (Lipinski definition) is 4. The third-order valence-corrected chi connectivity index (χ3v) is 4.84. The Hall–Kier alpha value is -1.04. The van der Waals surface area contributed by atoms with Gasteiger partial charge in [-0.15, -0.1) is 23.1 Å². The van der Waals surface area contributed by atoms with Gasteiger partial charge >= 0.3 is 0 Å². The van der Waals surface area contributed by atoms with Gasteiger partial charge in [-0.05, 0) is 29.6 Å². The van der Waals surface area contributed by atoms with Crippen LogP contribution in [0.4, 0.5) is 0 Å². The van der Waals surface area contributed by atoms with Gasteiger partial charge in [-0.3, -0.25) is 0 Å². The summed E-state index contributed by atoms with van der Waals surface area (Å²) in [6.45, 7) is 0. The summed E-state index contributed by atoms with van der Waals surface area (Å²) in [5.41, 5.74) is 0.966. The number of benzene rings is 1. The van der Waals surface area contributed by atoms with Crippen LogP contribution in [0.15, 0.2) is 61.8 Å². The van der Waals surface area contributed by atoms with Gasteiger partial charge in [0, 0.05) is 15.1 Å². The zero-order chi connectivity index (χ0) is 13.1. The van der Waals surface area contributed by atoms with Crippen molar-refractivity contribution in [2.75, 3.05) is 0 Å². The Bertz CT molecular complexity index is 664. The molecule has 0 atom stereocenters. The van der Waals surface area contributed by atoms with Crippen LogP contribution in [0.5, 0.6) is 0 Å². The summed E-state index contributed by atoms with van der Waals surface area (Å²) >= 11 is 6.86. The minimum absolute atomic E-state index is 0.708. The van der Waals surface area contributed by atoms with Crippen molar-refractivity contribution in [3.05, 3.63) is 58.2 Å². The zero-order valence-electron chi connectivity index (χ0n) is 9.88. The molecule has 0 aliphatic rings. The maximum absolute atomic E-state index is 5.50. The van der Waals surface area contributed by atoms with Crippen LogP contribution in [0.1, 0.15) is 5.69 Å². The molecule has 19 heavy (non-hydrogen) atoms. The second-order valence-electron chi connectivity index (χ2n) is 3.87. The highest BCUT2D eigenvalue weighted by Crippen LogP contribution is 2.28. The predicted octanol–water partition coefficient (Wildman–Crippen LogP) is 5.46. The minimum atomic E-state index is 0.708. The summed E-state index contributed by atoms with van der Waals surface area (Å²) in [5, 5.41) is 2.02. The second kappa shape index (κ2) is 5.94. The lowest BCUT2D eigenvalue weighted by Crippen LogP contribution is -1.81. The van der Waals surface area contributed by atoms with E-state index in [-0.39, 0.29) is 0 Å². The van der Waals surface area contributed by atoms with Gasteiger partial charge in [0.15, 0.2) is 0 Å². The molecule has 0 saturated carbocycles. The molecule has 2 heterocycles. The molecule has 0 aliphatic heterocycles. The highest BCUT2D eigenvalue weighted by Gasteiger charge is 2.07. The molecule has 3 rings (SSSR count). The highest BCUT2D eigenvalue weighted by atomic mass is 79.9. The van der Waals surface area contributed by atoms with Crippen molar-refractivity contribution in [2.24, 2.45) is 0 Å². The molecule has 0 N–H and O–H groups in total. The van der Waals surface area contributed by atoms with Crippen LogP contribution in [-0.2, 0) is 5.75 Å². The lowest BCUT2D eigenvalue weighted by atomic mass is 10.4. The molecule has 0 aliphatic carbocycles. The van der Waals surface area contributed by atoms with E-state index in [2.05, 4.69) is 33.0 Å². The summed E-state index contributed by atoms with van der Waals surface area (Å²) in [7, 11) is 0. The van der Waals surface area contributed by atoms with E-state index in [0.717, 1.165) is 20.8 Å². The average Bonchev–Trinajstić information content (AvgIpc) is 3.07. The fraction of sp³-hybridized carbons (Fsp3) is 0.0714. The Labute approximate surface area is 128 Å². The molecule has 0 fully saturated rings. The summed E-state index contributed by atoms with van der Waals surface area (Å²) in [6, 6.07) is 12.3. The Morgan fingerprint density at radius 3 is 3.00 bits per heavy atom. The molecule has 0 amide bonds.